The van der Waals surface area contributed by atoms with Gasteiger partial charge in [-0.2, -0.15) is 0 Å². The molecule has 4 amide bonds. The standard InChI is InChI=1S/C22H24N4O4/c1-14-6-8-15(9-7-14)20-19-17(25(3)22(29)23-20)12-26(21(19)28)13-18(27)24(2)11-16-5-4-10-30-16/h4-10,20H,11-13H2,1-3H3,(H,23,29). The first-order chi connectivity index (χ1) is 14.3. The lowest BCUT2D eigenvalue weighted by Gasteiger charge is -2.31. The maximum atomic E-state index is 13.2. The zero-order chi connectivity index (χ0) is 21.4. The molecule has 3 heterocycles. The Morgan fingerprint density at radius 3 is 2.63 bits per heavy atom. The van der Waals surface area contributed by atoms with E-state index in [1.54, 1.807) is 32.5 Å². The zero-order valence-corrected chi connectivity index (χ0v) is 17.2. The van der Waals surface area contributed by atoms with Crippen LogP contribution >= 0.6 is 0 Å². The van der Waals surface area contributed by atoms with Gasteiger partial charge in [0.1, 0.15) is 12.3 Å². The Morgan fingerprint density at radius 2 is 1.97 bits per heavy atom. The third-order valence-electron chi connectivity index (χ3n) is 5.57. The van der Waals surface area contributed by atoms with E-state index >= 15 is 0 Å². The van der Waals surface area contributed by atoms with Crippen LogP contribution in [0, 0.1) is 6.92 Å². The van der Waals surface area contributed by atoms with Crippen molar-refractivity contribution in [3.63, 3.8) is 0 Å². The third-order valence-corrected chi connectivity index (χ3v) is 5.57. The number of nitrogens with zero attached hydrogens (tertiary/aromatic N) is 3. The monoisotopic (exact) mass is 408 g/mol. The number of hydrogen-bond acceptors (Lipinski definition) is 4. The smallest absolute Gasteiger partial charge is 0.322 e. The van der Waals surface area contributed by atoms with Gasteiger partial charge in [0, 0.05) is 14.1 Å². The van der Waals surface area contributed by atoms with Crippen LogP contribution in [0.4, 0.5) is 4.79 Å². The summed E-state index contributed by atoms with van der Waals surface area (Å²) >= 11 is 0. The Morgan fingerprint density at radius 1 is 1.23 bits per heavy atom. The molecule has 8 nitrogen and oxygen atoms in total. The predicted molar refractivity (Wildman–Crippen MR) is 109 cm³/mol. The second-order valence-corrected chi connectivity index (χ2v) is 7.70. The molecular weight excluding hydrogens is 384 g/mol. The maximum absolute atomic E-state index is 13.2. The predicted octanol–water partition coefficient (Wildman–Crippen LogP) is 2.04. The minimum atomic E-state index is -0.530. The molecule has 1 unspecified atom stereocenters. The SMILES string of the molecule is Cc1ccc(C2NC(=O)N(C)C3=C2C(=O)N(CC(=O)N(C)Cc2ccco2)C3)cc1. The van der Waals surface area contributed by atoms with Gasteiger partial charge in [0.15, 0.2) is 0 Å². The van der Waals surface area contributed by atoms with E-state index in [0.29, 0.717) is 23.6 Å². The number of rotatable bonds is 5. The normalized spacial score (nSPS) is 18.6. The molecule has 2 aliphatic heterocycles. The summed E-state index contributed by atoms with van der Waals surface area (Å²) < 4.78 is 5.28. The third kappa shape index (κ3) is 3.56. The van der Waals surface area contributed by atoms with Crippen LogP contribution in [-0.2, 0) is 16.1 Å². The Kier molecular flexibility index (Phi) is 5.07. The summed E-state index contributed by atoms with van der Waals surface area (Å²) in [7, 11) is 3.31. The van der Waals surface area contributed by atoms with Crippen molar-refractivity contribution in [1.29, 1.82) is 0 Å². The van der Waals surface area contributed by atoms with Gasteiger partial charge in [0.25, 0.3) is 5.91 Å². The van der Waals surface area contributed by atoms with Crippen LogP contribution in [-0.4, -0.2) is 59.7 Å². The molecule has 0 saturated carbocycles. The quantitative estimate of drug-likeness (QED) is 0.820. The van der Waals surface area contributed by atoms with Crippen molar-refractivity contribution in [2.45, 2.75) is 19.5 Å². The lowest BCUT2D eigenvalue weighted by Crippen LogP contribution is -2.45. The van der Waals surface area contributed by atoms with Crippen LogP contribution in [0.15, 0.2) is 58.3 Å². The summed E-state index contributed by atoms with van der Waals surface area (Å²) in [5.41, 5.74) is 3.08. The van der Waals surface area contributed by atoms with Gasteiger partial charge in [0.05, 0.1) is 36.7 Å². The van der Waals surface area contributed by atoms with E-state index in [-0.39, 0.29) is 30.9 Å². The maximum Gasteiger partial charge on any atom is 0.322 e. The Labute approximate surface area is 174 Å². The van der Waals surface area contributed by atoms with Crippen LogP contribution in [0.2, 0.25) is 0 Å². The Balaban J connectivity index is 1.53. The molecule has 0 fully saturated rings. The molecule has 0 saturated heterocycles. The van der Waals surface area contributed by atoms with E-state index in [2.05, 4.69) is 5.32 Å². The lowest BCUT2D eigenvalue weighted by molar-refractivity contribution is -0.137. The molecule has 1 N–H and O–H groups in total. The Bertz CT molecular complexity index is 1010. The second kappa shape index (κ2) is 7.70. The van der Waals surface area contributed by atoms with Gasteiger partial charge < -0.3 is 19.5 Å². The first-order valence-electron chi connectivity index (χ1n) is 9.74. The van der Waals surface area contributed by atoms with Crippen LogP contribution in [0.3, 0.4) is 0 Å². The number of amides is 4. The van der Waals surface area contributed by atoms with Gasteiger partial charge >= 0.3 is 6.03 Å². The fourth-order valence-corrected chi connectivity index (χ4v) is 3.77. The highest BCUT2D eigenvalue weighted by molar-refractivity contribution is 6.02. The first kappa shape index (κ1) is 19.8. The number of aryl methyl sites for hydroxylation is 1. The van der Waals surface area contributed by atoms with Crippen LogP contribution in [0.1, 0.15) is 22.9 Å². The van der Waals surface area contributed by atoms with Crippen molar-refractivity contribution in [1.82, 2.24) is 20.0 Å². The fraction of sp³-hybridized carbons (Fsp3) is 0.318. The van der Waals surface area contributed by atoms with Crippen molar-refractivity contribution in [2.24, 2.45) is 0 Å². The largest absolute Gasteiger partial charge is 0.467 e. The van der Waals surface area contributed by atoms with Crippen LogP contribution < -0.4 is 5.32 Å². The molecule has 1 aromatic heterocycles. The molecular formula is C22H24N4O4. The molecule has 0 aliphatic carbocycles. The summed E-state index contributed by atoms with van der Waals surface area (Å²) in [6.45, 7) is 2.47. The van der Waals surface area contributed by atoms with Crippen molar-refractivity contribution in [2.75, 3.05) is 27.2 Å². The molecule has 156 valence electrons. The minimum absolute atomic E-state index is 0.0638. The molecule has 30 heavy (non-hydrogen) atoms. The summed E-state index contributed by atoms with van der Waals surface area (Å²) in [6.07, 6.45) is 1.56. The number of furan rings is 1. The van der Waals surface area contributed by atoms with Gasteiger partial charge in [-0.15, -0.1) is 0 Å². The summed E-state index contributed by atoms with van der Waals surface area (Å²) in [5.74, 6) is 0.237. The van der Waals surface area contributed by atoms with Gasteiger partial charge in [-0.05, 0) is 24.6 Å². The molecule has 0 radical (unpaired) electrons. The summed E-state index contributed by atoms with van der Waals surface area (Å²) in [5, 5.41) is 2.90. The topological polar surface area (TPSA) is 86.1 Å². The average Bonchev–Trinajstić information content (AvgIpc) is 3.34. The number of nitrogens with one attached hydrogen (secondary N) is 1. The number of hydrogen-bond donors (Lipinski definition) is 1. The molecule has 0 bridgehead atoms. The summed E-state index contributed by atoms with van der Waals surface area (Å²) in [6, 6.07) is 10.5. The average molecular weight is 408 g/mol. The van der Waals surface area contributed by atoms with E-state index in [4.69, 9.17) is 4.42 Å². The highest BCUT2D eigenvalue weighted by atomic mass is 16.3. The molecule has 1 aromatic carbocycles. The number of likely N-dealkylation sites (N-methyl/N-ethyl adjacent to an activating group) is 2. The highest BCUT2D eigenvalue weighted by Gasteiger charge is 2.43. The van der Waals surface area contributed by atoms with Crippen molar-refractivity contribution >= 4 is 17.8 Å². The van der Waals surface area contributed by atoms with Gasteiger partial charge in [-0.25, -0.2) is 4.79 Å². The fourth-order valence-electron chi connectivity index (χ4n) is 3.77. The Hall–Kier alpha value is -3.55. The molecule has 1 atom stereocenters. The molecule has 8 heteroatoms. The van der Waals surface area contributed by atoms with Crippen molar-refractivity contribution in [3.8, 4) is 0 Å². The highest BCUT2D eigenvalue weighted by Crippen LogP contribution is 2.35. The van der Waals surface area contributed by atoms with Gasteiger partial charge in [-0.1, -0.05) is 29.8 Å². The van der Waals surface area contributed by atoms with Gasteiger partial charge in [-0.3, -0.25) is 14.5 Å². The lowest BCUT2D eigenvalue weighted by atomic mass is 9.95. The molecule has 2 aromatic rings. The minimum Gasteiger partial charge on any atom is -0.467 e. The number of carbonyl (C=O) groups is 3. The number of urea groups is 1. The molecule has 4 rings (SSSR count). The molecule has 2 aliphatic rings. The second-order valence-electron chi connectivity index (χ2n) is 7.70. The zero-order valence-electron chi connectivity index (χ0n) is 17.2. The van der Waals surface area contributed by atoms with E-state index < -0.39 is 6.04 Å². The van der Waals surface area contributed by atoms with E-state index in [1.165, 1.54) is 14.7 Å². The van der Waals surface area contributed by atoms with Crippen LogP contribution in [0.5, 0.6) is 0 Å². The van der Waals surface area contributed by atoms with E-state index in [1.807, 2.05) is 31.2 Å². The number of benzene rings is 1. The van der Waals surface area contributed by atoms with Crippen molar-refractivity contribution < 1.29 is 18.8 Å². The van der Waals surface area contributed by atoms with E-state index in [0.717, 1.165) is 11.1 Å². The van der Waals surface area contributed by atoms with Crippen molar-refractivity contribution in [3.05, 3.63) is 70.8 Å². The number of carbonyl (C=O) groups excluding carboxylic acids is 3. The molecule has 0 spiro atoms. The van der Waals surface area contributed by atoms with Crippen LogP contribution in [0.25, 0.3) is 0 Å². The first-order valence-corrected chi connectivity index (χ1v) is 9.74. The van der Waals surface area contributed by atoms with E-state index in [9.17, 15) is 14.4 Å². The summed E-state index contributed by atoms with van der Waals surface area (Å²) in [4.78, 5) is 42.8. The van der Waals surface area contributed by atoms with Gasteiger partial charge in [0.2, 0.25) is 5.91 Å².